The number of nitrogen functional groups attached to an aromatic ring is 1. The van der Waals surface area contributed by atoms with Crippen LogP contribution >= 0.6 is 0 Å². The van der Waals surface area contributed by atoms with Crippen LogP contribution in [0.15, 0.2) is 43.0 Å². The second-order valence-electron chi connectivity index (χ2n) is 5.24. The Morgan fingerprint density at radius 1 is 1.42 bits per heavy atom. The molecule has 1 amide bonds. The van der Waals surface area contributed by atoms with E-state index in [4.69, 9.17) is 10.5 Å². The number of amides is 1. The maximum atomic E-state index is 14.4. The van der Waals surface area contributed by atoms with Gasteiger partial charge in [0.1, 0.15) is 5.82 Å². The van der Waals surface area contributed by atoms with Gasteiger partial charge in [-0.1, -0.05) is 12.1 Å². The molecular weight excluding hydrogens is 309 g/mol. The van der Waals surface area contributed by atoms with E-state index < -0.39 is 11.7 Å². The number of rotatable bonds is 7. The number of carbonyl (C=O) groups is 1. The Balaban J connectivity index is 2.11. The van der Waals surface area contributed by atoms with Gasteiger partial charge < -0.3 is 15.8 Å². The van der Waals surface area contributed by atoms with Gasteiger partial charge in [-0.2, -0.15) is 0 Å². The van der Waals surface area contributed by atoms with Crippen molar-refractivity contribution < 1.29 is 13.9 Å². The number of pyridine rings is 1. The summed E-state index contributed by atoms with van der Waals surface area (Å²) in [5, 5.41) is 2.50. The molecule has 0 aliphatic rings. The molecule has 0 aliphatic carbocycles. The van der Waals surface area contributed by atoms with Crippen LogP contribution in [-0.4, -0.2) is 17.5 Å². The first-order valence-corrected chi connectivity index (χ1v) is 7.59. The number of benzene rings is 1. The quantitative estimate of drug-likeness (QED) is 0.600. The van der Waals surface area contributed by atoms with Gasteiger partial charge in [-0.05, 0) is 44.0 Å². The van der Waals surface area contributed by atoms with Crippen LogP contribution in [0.3, 0.4) is 0 Å². The highest BCUT2D eigenvalue weighted by molar-refractivity contribution is 6.07. The molecule has 0 bridgehead atoms. The lowest BCUT2D eigenvalue weighted by Crippen LogP contribution is -2.16. The largest absolute Gasteiger partial charge is 0.490 e. The van der Waals surface area contributed by atoms with E-state index in [0.717, 1.165) is 12.8 Å². The van der Waals surface area contributed by atoms with Crippen molar-refractivity contribution in [2.24, 2.45) is 0 Å². The van der Waals surface area contributed by atoms with Gasteiger partial charge in [-0.25, -0.2) is 9.37 Å². The second-order valence-corrected chi connectivity index (χ2v) is 5.24. The number of nitrogens with one attached hydrogen (secondary N) is 1. The summed E-state index contributed by atoms with van der Waals surface area (Å²) in [5.74, 6) is -0.956. The Labute approximate surface area is 140 Å². The monoisotopic (exact) mass is 329 g/mol. The van der Waals surface area contributed by atoms with E-state index in [1.165, 1.54) is 12.1 Å². The third-order valence-electron chi connectivity index (χ3n) is 3.33. The molecule has 0 saturated heterocycles. The summed E-state index contributed by atoms with van der Waals surface area (Å²) in [6, 6.07) is 7.81. The fourth-order valence-electron chi connectivity index (χ4n) is 2.09. The van der Waals surface area contributed by atoms with Crippen molar-refractivity contribution in [3.05, 3.63) is 60.1 Å². The van der Waals surface area contributed by atoms with Crippen LogP contribution < -0.4 is 15.8 Å². The molecule has 6 heteroatoms. The Hall–Kier alpha value is -2.89. The molecule has 126 valence electrons. The number of hydrogen-bond acceptors (Lipinski definition) is 4. The number of aryl methyl sites for hydroxylation is 1. The zero-order valence-electron chi connectivity index (χ0n) is 13.5. The molecule has 0 spiro atoms. The van der Waals surface area contributed by atoms with Crippen molar-refractivity contribution in [1.82, 2.24) is 4.98 Å². The van der Waals surface area contributed by atoms with Crippen molar-refractivity contribution in [2.45, 2.75) is 19.8 Å². The number of nitrogens with two attached hydrogens (primary N) is 1. The normalized spacial score (nSPS) is 10.2. The summed E-state index contributed by atoms with van der Waals surface area (Å²) in [5.41, 5.74) is 6.66. The minimum Gasteiger partial charge on any atom is -0.490 e. The molecule has 0 unspecified atom stereocenters. The summed E-state index contributed by atoms with van der Waals surface area (Å²) in [7, 11) is 0. The highest BCUT2D eigenvalue weighted by atomic mass is 19.1. The molecule has 0 aliphatic heterocycles. The smallest absolute Gasteiger partial charge is 0.259 e. The number of unbranched alkanes of at least 4 members (excludes halogenated alkanes) is 1. The number of nitrogens with zero attached hydrogens (tertiary/aromatic N) is 1. The summed E-state index contributed by atoms with van der Waals surface area (Å²) >= 11 is 0. The predicted molar refractivity (Wildman–Crippen MR) is 92.7 cm³/mol. The van der Waals surface area contributed by atoms with E-state index in [9.17, 15) is 9.18 Å². The highest BCUT2D eigenvalue weighted by Crippen LogP contribution is 2.25. The highest BCUT2D eigenvalue weighted by Gasteiger charge is 2.15. The van der Waals surface area contributed by atoms with E-state index in [-0.39, 0.29) is 22.8 Å². The minimum atomic E-state index is -0.622. The summed E-state index contributed by atoms with van der Waals surface area (Å²) < 4.78 is 19.8. The SMILES string of the molecule is C=CCCCOc1cccc(NC(=O)c2ccc(C)nc2N)c1F. The average Bonchev–Trinajstić information content (AvgIpc) is 2.54. The Morgan fingerprint density at radius 2 is 2.21 bits per heavy atom. The van der Waals surface area contributed by atoms with Gasteiger partial charge in [0, 0.05) is 5.69 Å². The van der Waals surface area contributed by atoms with Crippen LogP contribution in [0.25, 0.3) is 0 Å². The molecule has 2 rings (SSSR count). The van der Waals surface area contributed by atoms with Crippen LogP contribution in [0.2, 0.25) is 0 Å². The first-order chi connectivity index (χ1) is 11.5. The molecule has 0 fully saturated rings. The molecule has 5 nitrogen and oxygen atoms in total. The molecule has 0 saturated carbocycles. The van der Waals surface area contributed by atoms with Gasteiger partial charge in [0.15, 0.2) is 11.6 Å². The number of carbonyl (C=O) groups excluding carboxylic acids is 1. The van der Waals surface area contributed by atoms with Crippen LogP contribution in [0, 0.1) is 12.7 Å². The molecule has 1 aromatic heterocycles. The fraction of sp³-hybridized carbons (Fsp3) is 0.222. The van der Waals surface area contributed by atoms with Crippen molar-refractivity contribution in [3.63, 3.8) is 0 Å². The maximum absolute atomic E-state index is 14.4. The first kappa shape index (κ1) is 17.5. The van der Waals surface area contributed by atoms with Crippen molar-refractivity contribution >= 4 is 17.4 Å². The molecule has 1 heterocycles. The van der Waals surface area contributed by atoms with E-state index in [1.807, 2.05) is 0 Å². The van der Waals surface area contributed by atoms with Crippen molar-refractivity contribution in [2.75, 3.05) is 17.7 Å². The predicted octanol–water partition coefficient (Wildman–Crippen LogP) is 3.71. The molecule has 2 aromatic rings. The number of anilines is 2. The summed E-state index contributed by atoms with van der Waals surface area (Å²) in [4.78, 5) is 16.3. The lowest BCUT2D eigenvalue weighted by molar-refractivity contribution is 0.102. The Morgan fingerprint density at radius 3 is 2.92 bits per heavy atom. The topological polar surface area (TPSA) is 77.2 Å². The van der Waals surface area contributed by atoms with Gasteiger partial charge in [0.25, 0.3) is 5.91 Å². The zero-order valence-corrected chi connectivity index (χ0v) is 13.5. The van der Waals surface area contributed by atoms with Gasteiger partial charge >= 0.3 is 0 Å². The van der Waals surface area contributed by atoms with E-state index in [1.54, 1.807) is 31.2 Å². The molecule has 1 aromatic carbocycles. The fourth-order valence-corrected chi connectivity index (χ4v) is 2.09. The van der Waals surface area contributed by atoms with Crippen molar-refractivity contribution in [1.29, 1.82) is 0 Å². The van der Waals surface area contributed by atoms with Gasteiger partial charge in [-0.3, -0.25) is 4.79 Å². The number of hydrogen-bond donors (Lipinski definition) is 2. The molecule has 3 N–H and O–H groups in total. The van der Waals surface area contributed by atoms with E-state index in [0.29, 0.717) is 12.3 Å². The van der Waals surface area contributed by atoms with Crippen LogP contribution in [0.5, 0.6) is 5.75 Å². The number of halogens is 1. The molecule has 0 atom stereocenters. The van der Waals surface area contributed by atoms with Gasteiger partial charge in [0.05, 0.1) is 17.9 Å². The van der Waals surface area contributed by atoms with Gasteiger partial charge in [-0.15, -0.1) is 6.58 Å². The first-order valence-electron chi connectivity index (χ1n) is 7.59. The molecule has 0 radical (unpaired) electrons. The number of allylic oxidation sites excluding steroid dienone is 1. The van der Waals surface area contributed by atoms with E-state index in [2.05, 4.69) is 16.9 Å². The second kappa shape index (κ2) is 8.10. The van der Waals surface area contributed by atoms with E-state index >= 15 is 0 Å². The van der Waals surface area contributed by atoms with Crippen LogP contribution in [-0.2, 0) is 0 Å². The minimum absolute atomic E-state index is 0.0289. The molecule has 24 heavy (non-hydrogen) atoms. The Kier molecular flexibility index (Phi) is 5.89. The van der Waals surface area contributed by atoms with Gasteiger partial charge in [0.2, 0.25) is 0 Å². The number of ether oxygens (including phenoxy) is 1. The standard InChI is InChI=1S/C18H20FN3O2/c1-3-4-5-11-24-15-8-6-7-14(16(15)19)22-18(23)13-10-9-12(2)21-17(13)20/h3,6-10H,1,4-5,11H2,2H3,(H2,20,21)(H,22,23). The van der Waals surface area contributed by atoms with Crippen LogP contribution in [0.1, 0.15) is 28.9 Å². The lowest BCUT2D eigenvalue weighted by Gasteiger charge is -2.11. The lowest BCUT2D eigenvalue weighted by atomic mass is 10.2. The third-order valence-corrected chi connectivity index (χ3v) is 3.33. The average molecular weight is 329 g/mol. The zero-order chi connectivity index (χ0) is 17.5. The van der Waals surface area contributed by atoms with Crippen LogP contribution in [0.4, 0.5) is 15.9 Å². The van der Waals surface area contributed by atoms with Crippen molar-refractivity contribution in [3.8, 4) is 5.75 Å². The maximum Gasteiger partial charge on any atom is 0.259 e. The third kappa shape index (κ3) is 4.32. The summed E-state index contributed by atoms with van der Waals surface area (Å²) in [6.07, 6.45) is 3.30. The summed E-state index contributed by atoms with van der Waals surface area (Å²) in [6.45, 7) is 5.76. The Bertz CT molecular complexity index is 747. The molecular formula is C18H20FN3O2. The number of aromatic nitrogens is 1.